The molecular weight excluding hydrogens is 452 g/mol. The summed E-state index contributed by atoms with van der Waals surface area (Å²) in [5.41, 5.74) is 8.17. The van der Waals surface area contributed by atoms with Crippen LogP contribution in [0.25, 0.3) is 33.3 Å². The molecule has 3 heterocycles. The second-order valence-corrected chi connectivity index (χ2v) is 9.74. The molecule has 1 atom stereocenters. The van der Waals surface area contributed by atoms with Crippen LogP contribution in [0.15, 0.2) is 54.9 Å². The molecule has 1 aliphatic rings. The summed E-state index contributed by atoms with van der Waals surface area (Å²) in [5.74, 6) is 0.808. The van der Waals surface area contributed by atoms with Crippen LogP contribution in [0.5, 0.6) is 5.75 Å². The number of hydrogen-bond acceptors (Lipinski definition) is 5. The molecular formula is C29H32N4O3. The summed E-state index contributed by atoms with van der Waals surface area (Å²) in [6, 6.07) is 14.1. The number of fused-ring (bicyclic) bond motifs is 2. The Morgan fingerprint density at radius 2 is 1.97 bits per heavy atom. The van der Waals surface area contributed by atoms with Crippen LogP contribution in [0, 0.1) is 0 Å². The second-order valence-electron chi connectivity index (χ2n) is 9.74. The average Bonchev–Trinajstić information content (AvgIpc) is 3.30. The van der Waals surface area contributed by atoms with Crippen LogP contribution in [-0.4, -0.2) is 71.2 Å². The fraction of sp³-hybridized carbons (Fsp3) is 0.310. The van der Waals surface area contributed by atoms with Gasteiger partial charge in [-0.3, -0.25) is 4.79 Å². The summed E-state index contributed by atoms with van der Waals surface area (Å²) in [5, 5.41) is 10.6. The first-order valence-electron chi connectivity index (χ1n) is 12.2. The number of H-pyrrole nitrogens is 1. The Balaban J connectivity index is 1.48. The van der Waals surface area contributed by atoms with Gasteiger partial charge >= 0.3 is 0 Å². The molecule has 0 bridgehead atoms. The van der Waals surface area contributed by atoms with Crippen LogP contribution in [0.1, 0.15) is 28.4 Å². The van der Waals surface area contributed by atoms with Crippen LogP contribution < -0.4 is 4.74 Å². The minimum Gasteiger partial charge on any atom is -0.496 e. The maximum atomic E-state index is 12.7. The number of benzene rings is 2. The van der Waals surface area contributed by atoms with Crippen molar-refractivity contribution in [1.29, 1.82) is 0 Å². The zero-order valence-corrected chi connectivity index (χ0v) is 21.2. The standard InChI is InChI=1S/C29H32N4O3/c1-18(34)16-33(3)29(35)20-7-5-19(6-8-20)25-15-31-28-24(25)12-23(14-30-28)22-11-21-9-10-32(2)17-26(21)27(13-22)36-4/h5-8,11-15,18,34H,9-10,16-17H2,1-4H3,(H,30,31)/t18-/m1/s1. The molecule has 0 saturated heterocycles. The summed E-state index contributed by atoms with van der Waals surface area (Å²) >= 11 is 0. The molecule has 1 aliphatic heterocycles. The van der Waals surface area contributed by atoms with Crippen LogP contribution in [0.3, 0.4) is 0 Å². The number of amides is 1. The van der Waals surface area contributed by atoms with Gasteiger partial charge in [0.1, 0.15) is 11.4 Å². The molecule has 4 aromatic rings. The predicted octanol–water partition coefficient (Wildman–Crippen LogP) is 4.35. The molecule has 186 valence electrons. The van der Waals surface area contributed by atoms with Crippen molar-refractivity contribution in [2.45, 2.75) is 26.0 Å². The quantitative estimate of drug-likeness (QED) is 0.425. The van der Waals surface area contributed by atoms with Gasteiger partial charge in [-0.25, -0.2) is 4.98 Å². The molecule has 1 amide bonds. The zero-order valence-electron chi connectivity index (χ0n) is 21.2. The van der Waals surface area contributed by atoms with Gasteiger partial charge in [0, 0.05) is 66.7 Å². The Morgan fingerprint density at radius 3 is 2.69 bits per heavy atom. The fourth-order valence-corrected chi connectivity index (χ4v) is 5.01. The smallest absolute Gasteiger partial charge is 0.253 e. The molecule has 0 aliphatic carbocycles. The van der Waals surface area contributed by atoms with Crippen molar-refractivity contribution in [2.75, 3.05) is 34.3 Å². The monoisotopic (exact) mass is 484 g/mol. The van der Waals surface area contributed by atoms with E-state index in [-0.39, 0.29) is 5.91 Å². The van der Waals surface area contributed by atoms with Crippen LogP contribution in [0.4, 0.5) is 0 Å². The van der Waals surface area contributed by atoms with E-state index in [9.17, 15) is 9.90 Å². The number of pyridine rings is 1. The third kappa shape index (κ3) is 4.59. The molecule has 7 heteroatoms. The van der Waals surface area contributed by atoms with Gasteiger partial charge in [0.15, 0.2) is 0 Å². The summed E-state index contributed by atoms with van der Waals surface area (Å²) in [7, 11) is 5.57. The fourth-order valence-electron chi connectivity index (χ4n) is 5.01. The number of nitrogens with zero attached hydrogens (tertiary/aromatic N) is 3. The minimum atomic E-state index is -0.567. The highest BCUT2D eigenvalue weighted by molar-refractivity contribution is 5.98. The number of rotatable bonds is 6. The summed E-state index contributed by atoms with van der Waals surface area (Å²) in [6.45, 7) is 3.89. The molecule has 0 saturated carbocycles. The molecule has 0 fully saturated rings. The van der Waals surface area contributed by atoms with E-state index in [0.717, 1.165) is 58.5 Å². The molecule has 36 heavy (non-hydrogen) atoms. The number of ether oxygens (including phenoxy) is 1. The Morgan fingerprint density at radius 1 is 1.19 bits per heavy atom. The van der Waals surface area contributed by atoms with E-state index in [1.807, 2.05) is 36.7 Å². The number of aliphatic hydroxyl groups is 1. The van der Waals surface area contributed by atoms with Crippen LogP contribution in [-0.2, 0) is 13.0 Å². The normalized spacial score (nSPS) is 14.5. The summed E-state index contributed by atoms with van der Waals surface area (Å²) in [4.78, 5) is 24.5. The van der Waals surface area contributed by atoms with Crippen molar-refractivity contribution in [3.63, 3.8) is 0 Å². The second kappa shape index (κ2) is 9.76. The predicted molar refractivity (Wildman–Crippen MR) is 142 cm³/mol. The van der Waals surface area contributed by atoms with E-state index in [2.05, 4.69) is 35.1 Å². The maximum absolute atomic E-state index is 12.7. The number of carbonyl (C=O) groups is 1. The number of hydrogen-bond donors (Lipinski definition) is 2. The van der Waals surface area contributed by atoms with Gasteiger partial charge in [-0.15, -0.1) is 0 Å². The number of nitrogens with one attached hydrogen (secondary N) is 1. The number of likely N-dealkylation sites (N-methyl/N-ethyl adjacent to an activating group) is 2. The molecule has 5 rings (SSSR count). The zero-order chi connectivity index (χ0) is 25.4. The number of aromatic nitrogens is 2. The number of carbonyl (C=O) groups excluding carboxylic acids is 1. The van der Waals surface area contributed by atoms with Crippen molar-refractivity contribution in [3.05, 3.63) is 71.5 Å². The van der Waals surface area contributed by atoms with E-state index in [1.54, 1.807) is 21.1 Å². The van der Waals surface area contributed by atoms with Gasteiger partial charge in [-0.2, -0.15) is 0 Å². The molecule has 0 spiro atoms. The van der Waals surface area contributed by atoms with E-state index in [1.165, 1.54) is 16.0 Å². The van der Waals surface area contributed by atoms with Gasteiger partial charge in [0.2, 0.25) is 0 Å². The van der Waals surface area contributed by atoms with Gasteiger partial charge in [0.05, 0.1) is 13.2 Å². The van der Waals surface area contributed by atoms with E-state index >= 15 is 0 Å². The van der Waals surface area contributed by atoms with Crippen molar-refractivity contribution in [1.82, 2.24) is 19.8 Å². The Labute approximate surface area is 211 Å². The number of aliphatic hydroxyl groups excluding tert-OH is 1. The van der Waals surface area contributed by atoms with Crippen molar-refractivity contribution >= 4 is 16.9 Å². The average molecular weight is 485 g/mol. The first kappa shape index (κ1) is 24.0. The van der Waals surface area contributed by atoms with E-state index in [0.29, 0.717) is 12.1 Å². The number of methoxy groups -OCH3 is 1. The van der Waals surface area contributed by atoms with E-state index < -0.39 is 6.10 Å². The van der Waals surface area contributed by atoms with Gasteiger partial charge in [-0.05, 0) is 61.3 Å². The van der Waals surface area contributed by atoms with Gasteiger partial charge in [-0.1, -0.05) is 18.2 Å². The lowest BCUT2D eigenvalue weighted by Gasteiger charge is -2.27. The van der Waals surface area contributed by atoms with Gasteiger partial charge < -0.3 is 24.6 Å². The molecule has 2 aromatic heterocycles. The van der Waals surface area contributed by atoms with Crippen molar-refractivity contribution in [3.8, 4) is 28.0 Å². The van der Waals surface area contributed by atoms with Gasteiger partial charge in [0.25, 0.3) is 5.91 Å². The Bertz CT molecular complexity index is 1390. The highest BCUT2D eigenvalue weighted by Gasteiger charge is 2.20. The third-order valence-corrected chi connectivity index (χ3v) is 6.90. The maximum Gasteiger partial charge on any atom is 0.253 e. The first-order valence-corrected chi connectivity index (χ1v) is 12.2. The topological polar surface area (TPSA) is 81.7 Å². The molecule has 2 N–H and O–H groups in total. The third-order valence-electron chi connectivity index (χ3n) is 6.90. The lowest BCUT2D eigenvalue weighted by atomic mass is 9.93. The first-order chi connectivity index (χ1) is 17.3. The van der Waals surface area contributed by atoms with Crippen molar-refractivity contribution < 1.29 is 14.6 Å². The van der Waals surface area contributed by atoms with Crippen LogP contribution in [0.2, 0.25) is 0 Å². The summed E-state index contributed by atoms with van der Waals surface area (Å²) in [6.07, 6.45) is 4.29. The van der Waals surface area contributed by atoms with Crippen LogP contribution >= 0.6 is 0 Å². The molecule has 0 radical (unpaired) electrons. The Kier molecular flexibility index (Phi) is 6.51. The number of aromatic amines is 1. The Hall–Kier alpha value is -3.68. The van der Waals surface area contributed by atoms with Crippen molar-refractivity contribution in [2.24, 2.45) is 0 Å². The van der Waals surface area contributed by atoms with E-state index in [4.69, 9.17) is 9.72 Å². The highest BCUT2D eigenvalue weighted by atomic mass is 16.5. The largest absolute Gasteiger partial charge is 0.496 e. The molecule has 2 aromatic carbocycles. The lowest BCUT2D eigenvalue weighted by molar-refractivity contribution is 0.0703. The molecule has 0 unspecified atom stereocenters. The minimum absolute atomic E-state index is 0.113. The SMILES string of the molecule is COc1cc(-c2cnc3[nH]cc(-c4ccc(C(=O)N(C)C[C@@H](C)O)cc4)c3c2)cc2c1CN(C)CC2. The molecule has 7 nitrogen and oxygen atoms in total. The summed E-state index contributed by atoms with van der Waals surface area (Å²) < 4.78 is 5.76. The lowest BCUT2D eigenvalue weighted by Crippen LogP contribution is -2.32. The highest BCUT2D eigenvalue weighted by Crippen LogP contribution is 2.36.